The molecule has 0 bridgehead atoms. The quantitative estimate of drug-likeness (QED) is 0.311. The highest BCUT2D eigenvalue weighted by Crippen LogP contribution is 2.32. The average Bonchev–Trinajstić information content (AvgIpc) is 3.22. The zero-order valence-corrected chi connectivity index (χ0v) is 17.5. The van der Waals surface area contributed by atoms with Crippen LogP contribution in [0.5, 0.6) is 0 Å². The zero-order valence-electron chi connectivity index (χ0n) is 17.5. The van der Waals surface area contributed by atoms with Gasteiger partial charge in [-0.25, -0.2) is 15.0 Å². The van der Waals surface area contributed by atoms with Gasteiger partial charge in [0.15, 0.2) is 11.6 Å². The van der Waals surface area contributed by atoms with Crippen LogP contribution in [0, 0.1) is 6.92 Å². The molecule has 6 rings (SSSR count). The van der Waals surface area contributed by atoms with Gasteiger partial charge in [0.2, 0.25) is 0 Å². The average molecular weight is 413 g/mol. The number of rotatable bonds is 3. The number of hydrogen-bond donors (Lipinski definition) is 0. The van der Waals surface area contributed by atoms with Crippen LogP contribution in [-0.2, 0) is 0 Å². The Morgan fingerprint density at radius 1 is 0.500 bits per heavy atom. The normalized spacial score (nSPS) is 11.3. The molecule has 0 fully saturated rings. The summed E-state index contributed by atoms with van der Waals surface area (Å²) in [6.07, 6.45) is 0. The van der Waals surface area contributed by atoms with Crippen LogP contribution < -0.4 is 0 Å². The minimum absolute atomic E-state index is 0.639. The van der Waals surface area contributed by atoms with E-state index in [2.05, 4.69) is 46.4 Å². The first-order valence-corrected chi connectivity index (χ1v) is 10.5. The third-order valence-corrected chi connectivity index (χ3v) is 5.61. The lowest BCUT2D eigenvalue weighted by Gasteiger charge is -2.08. The van der Waals surface area contributed by atoms with Gasteiger partial charge in [0.1, 0.15) is 17.0 Å². The molecule has 4 heteroatoms. The van der Waals surface area contributed by atoms with Crippen LogP contribution in [0.2, 0.25) is 0 Å². The number of para-hydroxylation sites is 1. The first kappa shape index (κ1) is 18.5. The van der Waals surface area contributed by atoms with Gasteiger partial charge < -0.3 is 4.42 Å². The second-order valence-corrected chi connectivity index (χ2v) is 7.79. The van der Waals surface area contributed by atoms with Crippen molar-refractivity contribution >= 4 is 21.9 Å². The molecule has 2 heterocycles. The summed E-state index contributed by atoms with van der Waals surface area (Å²) in [5, 5.41) is 2.20. The first-order valence-electron chi connectivity index (χ1n) is 10.5. The van der Waals surface area contributed by atoms with Crippen molar-refractivity contribution in [3.05, 3.63) is 103 Å². The summed E-state index contributed by atoms with van der Waals surface area (Å²) in [4.78, 5) is 14.0. The molecule has 0 saturated heterocycles. The van der Waals surface area contributed by atoms with E-state index in [1.165, 1.54) is 0 Å². The molecule has 152 valence electrons. The summed E-state index contributed by atoms with van der Waals surface area (Å²) in [6, 6.07) is 32.8. The summed E-state index contributed by atoms with van der Waals surface area (Å²) in [5.74, 6) is 1.98. The maximum absolute atomic E-state index is 6.05. The number of hydrogen-bond acceptors (Lipinski definition) is 4. The van der Waals surface area contributed by atoms with Crippen molar-refractivity contribution < 1.29 is 4.42 Å². The van der Waals surface area contributed by atoms with Crippen LogP contribution in [0.4, 0.5) is 0 Å². The van der Waals surface area contributed by atoms with Crippen LogP contribution >= 0.6 is 0 Å². The third kappa shape index (κ3) is 3.22. The molecule has 4 aromatic carbocycles. The van der Waals surface area contributed by atoms with E-state index >= 15 is 0 Å². The van der Waals surface area contributed by atoms with Gasteiger partial charge in [-0.2, -0.15) is 0 Å². The fourth-order valence-corrected chi connectivity index (χ4v) is 4.07. The molecule has 0 spiro atoms. The second-order valence-electron chi connectivity index (χ2n) is 7.79. The van der Waals surface area contributed by atoms with E-state index in [-0.39, 0.29) is 0 Å². The second kappa shape index (κ2) is 7.43. The standard InChI is InChI=1S/C28H19N3O/c1-18-29-27(21-11-7-10-20(16-21)19-8-3-2-4-9-19)31-28(30-18)22-14-15-24-23-12-5-6-13-25(23)32-26(24)17-22/h2-17H,1H3. The smallest absolute Gasteiger partial charge is 0.163 e. The van der Waals surface area contributed by atoms with Gasteiger partial charge in [-0.15, -0.1) is 0 Å². The number of nitrogens with zero attached hydrogens (tertiary/aromatic N) is 3. The predicted octanol–water partition coefficient (Wildman–Crippen LogP) is 7.08. The fraction of sp³-hybridized carbons (Fsp3) is 0.0357. The lowest BCUT2D eigenvalue weighted by Crippen LogP contribution is -1.99. The zero-order chi connectivity index (χ0) is 21.5. The van der Waals surface area contributed by atoms with E-state index in [1.54, 1.807) is 0 Å². The molecule has 0 aliphatic rings. The number of furan rings is 1. The molecule has 32 heavy (non-hydrogen) atoms. The van der Waals surface area contributed by atoms with Gasteiger partial charge in [0.25, 0.3) is 0 Å². The number of benzene rings is 4. The molecule has 0 N–H and O–H groups in total. The minimum Gasteiger partial charge on any atom is -0.456 e. The Labute approximate surface area is 185 Å². The summed E-state index contributed by atoms with van der Waals surface area (Å²) in [5.41, 5.74) is 5.87. The van der Waals surface area contributed by atoms with Crippen molar-refractivity contribution in [2.75, 3.05) is 0 Å². The van der Waals surface area contributed by atoms with E-state index in [0.717, 1.165) is 44.2 Å². The van der Waals surface area contributed by atoms with Crippen LogP contribution in [-0.4, -0.2) is 15.0 Å². The Hall–Kier alpha value is -4.31. The monoisotopic (exact) mass is 413 g/mol. The molecule has 0 atom stereocenters. The predicted molar refractivity (Wildman–Crippen MR) is 128 cm³/mol. The molecule has 6 aromatic rings. The minimum atomic E-state index is 0.639. The third-order valence-electron chi connectivity index (χ3n) is 5.61. The van der Waals surface area contributed by atoms with Crippen molar-refractivity contribution in [1.29, 1.82) is 0 Å². The van der Waals surface area contributed by atoms with E-state index < -0.39 is 0 Å². The molecular formula is C28H19N3O. The van der Waals surface area contributed by atoms with Crippen molar-refractivity contribution in [3.8, 4) is 33.9 Å². The van der Waals surface area contributed by atoms with Crippen molar-refractivity contribution in [2.24, 2.45) is 0 Å². The van der Waals surface area contributed by atoms with Gasteiger partial charge in [0.05, 0.1) is 0 Å². The van der Waals surface area contributed by atoms with Crippen LogP contribution in [0.25, 0.3) is 55.8 Å². The number of aromatic nitrogens is 3. The Kier molecular flexibility index (Phi) is 4.29. The number of fused-ring (bicyclic) bond motifs is 3. The van der Waals surface area contributed by atoms with Gasteiger partial charge in [0, 0.05) is 21.9 Å². The first-order chi connectivity index (χ1) is 15.7. The topological polar surface area (TPSA) is 51.8 Å². The molecular weight excluding hydrogens is 394 g/mol. The van der Waals surface area contributed by atoms with Gasteiger partial charge in [-0.3, -0.25) is 0 Å². The lowest BCUT2D eigenvalue weighted by molar-refractivity contribution is 0.669. The molecule has 2 aromatic heterocycles. The van der Waals surface area contributed by atoms with E-state index in [0.29, 0.717) is 17.5 Å². The Morgan fingerprint density at radius 2 is 1.16 bits per heavy atom. The molecule has 0 aliphatic carbocycles. The van der Waals surface area contributed by atoms with Crippen LogP contribution in [0.15, 0.2) is 101 Å². The van der Waals surface area contributed by atoms with Crippen LogP contribution in [0.1, 0.15) is 5.82 Å². The van der Waals surface area contributed by atoms with Gasteiger partial charge in [-0.1, -0.05) is 72.8 Å². The highest BCUT2D eigenvalue weighted by molar-refractivity contribution is 6.05. The van der Waals surface area contributed by atoms with E-state index in [9.17, 15) is 0 Å². The van der Waals surface area contributed by atoms with Gasteiger partial charge >= 0.3 is 0 Å². The van der Waals surface area contributed by atoms with Crippen molar-refractivity contribution in [1.82, 2.24) is 15.0 Å². The Morgan fingerprint density at radius 3 is 2.00 bits per heavy atom. The van der Waals surface area contributed by atoms with Crippen molar-refractivity contribution in [2.45, 2.75) is 6.92 Å². The van der Waals surface area contributed by atoms with Crippen LogP contribution in [0.3, 0.4) is 0 Å². The largest absolute Gasteiger partial charge is 0.456 e. The van der Waals surface area contributed by atoms with Crippen molar-refractivity contribution in [3.63, 3.8) is 0 Å². The maximum atomic E-state index is 6.05. The number of aryl methyl sites for hydroxylation is 1. The molecule has 4 nitrogen and oxygen atoms in total. The van der Waals surface area contributed by atoms with Gasteiger partial charge in [-0.05, 0) is 42.3 Å². The summed E-state index contributed by atoms with van der Waals surface area (Å²) in [7, 11) is 0. The molecule has 0 aliphatic heterocycles. The Bertz CT molecular complexity index is 1590. The highest BCUT2D eigenvalue weighted by atomic mass is 16.3. The SMILES string of the molecule is Cc1nc(-c2cccc(-c3ccccc3)c2)nc(-c2ccc3c(c2)oc2ccccc23)n1. The molecule has 0 radical (unpaired) electrons. The summed E-state index contributed by atoms with van der Waals surface area (Å²) >= 11 is 0. The van der Waals surface area contributed by atoms with E-state index in [1.807, 2.05) is 67.6 Å². The lowest BCUT2D eigenvalue weighted by atomic mass is 10.0. The van der Waals surface area contributed by atoms with E-state index in [4.69, 9.17) is 9.40 Å². The Balaban J connectivity index is 1.45. The molecule has 0 saturated carbocycles. The molecule has 0 amide bonds. The maximum Gasteiger partial charge on any atom is 0.163 e. The fourth-order valence-electron chi connectivity index (χ4n) is 4.07. The summed E-state index contributed by atoms with van der Waals surface area (Å²) in [6.45, 7) is 1.90. The summed E-state index contributed by atoms with van der Waals surface area (Å²) < 4.78 is 6.05. The molecule has 0 unspecified atom stereocenters. The highest BCUT2D eigenvalue weighted by Gasteiger charge is 2.12.